The molecular weight excluding hydrogens is 300 g/mol. The fraction of sp³-hybridized carbons (Fsp3) is 0.190. The highest BCUT2D eigenvalue weighted by atomic mass is 16.5. The second-order valence-electron chi connectivity index (χ2n) is 6.12. The maximum absolute atomic E-state index is 11.7. The Kier molecular flexibility index (Phi) is 4.52. The number of hydrogen-bond donors (Lipinski definition) is 1. The highest BCUT2D eigenvalue weighted by molar-refractivity contribution is 5.88. The summed E-state index contributed by atoms with van der Waals surface area (Å²) in [7, 11) is 0. The zero-order chi connectivity index (χ0) is 17.1. The molecule has 3 nitrogen and oxygen atoms in total. The van der Waals surface area contributed by atoms with Gasteiger partial charge in [0.15, 0.2) is 6.10 Å². The van der Waals surface area contributed by atoms with Gasteiger partial charge in [0.1, 0.15) is 5.75 Å². The van der Waals surface area contributed by atoms with Crippen LogP contribution in [0.3, 0.4) is 0 Å². The third kappa shape index (κ3) is 3.57. The van der Waals surface area contributed by atoms with Gasteiger partial charge in [0.2, 0.25) is 0 Å². The minimum Gasteiger partial charge on any atom is -0.478 e. The van der Waals surface area contributed by atoms with Gasteiger partial charge in [-0.15, -0.1) is 0 Å². The zero-order valence-electron chi connectivity index (χ0n) is 13.8. The topological polar surface area (TPSA) is 46.5 Å². The van der Waals surface area contributed by atoms with Crippen LogP contribution in [0.25, 0.3) is 10.8 Å². The van der Waals surface area contributed by atoms with Crippen molar-refractivity contribution in [1.82, 2.24) is 0 Å². The average molecular weight is 320 g/mol. The molecule has 3 heteroatoms. The lowest BCUT2D eigenvalue weighted by Gasteiger charge is -2.17. The molecule has 0 spiro atoms. The van der Waals surface area contributed by atoms with E-state index in [0.29, 0.717) is 12.2 Å². The molecule has 0 saturated heterocycles. The van der Waals surface area contributed by atoms with Crippen molar-refractivity contribution in [2.45, 2.75) is 26.4 Å². The normalized spacial score (nSPS) is 12.1. The molecule has 0 saturated carbocycles. The van der Waals surface area contributed by atoms with Crippen molar-refractivity contribution in [3.05, 3.63) is 77.4 Å². The van der Waals surface area contributed by atoms with E-state index in [1.165, 1.54) is 0 Å². The molecule has 0 bridgehead atoms. The monoisotopic (exact) mass is 320 g/mol. The maximum Gasteiger partial charge on any atom is 0.345 e. The molecule has 0 amide bonds. The van der Waals surface area contributed by atoms with Crippen molar-refractivity contribution < 1.29 is 14.6 Å². The second kappa shape index (κ2) is 6.75. The number of carboxylic acid groups (broad SMARTS) is 1. The van der Waals surface area contributed by atoms with E-state index < -0.39 is 12.1 Å². The summed E-state index contributed by atoms with van der Waals surface area (Å²) < 4.78 is 5.87. The molecule has 3 rings (SSSR count). The quantitative estimate of drug-likeness (QED) is 0.751. The van der Waals surface area contributed by atoms with Crippen LogP contribution < -0.4 is 4.74 Å². The first kappa shape index (κ1) is 16.1. The first-order chi connectivity index (χ1) is 11.5. The van der Waals surface area contributed by atoms with Crippen LogP contribution in [-0.2, 0) is 11.2 Å². The minimum atomic E-state index is -0.956. The summed E-state index contributed by atoms with van der Waals surface area (Å²) in [6, 6.07) is 19.6. The third-order valence-electron chi connectivity index (χ3n) is 4.00. The molecule has 3 aromatic rings. The van der Waals surface area contributed by atoms with Gasteiger partial charge >= 0.3 is 5.97 Å². The maximum atomic E-state index is 11.7. The molecule has 0 aliphatic heterocycles. The first-order valence-corrected chi connectivity index (χ1v) is 7.97. The SMILES string of the molecule is Cc1cc(C)cc(C[C@H](Oc2cccc3ccccc23)C(=O)O)c1. The van der Waals surface area contributed by atoms with E-state index in [9.17, 15) is 9.90 Å². The van der Waals surface area contributed by atoms with Crippen molar-refractivity contribution in [3.63, 3.8) is 0 Å². The lowest BCUT2D eigenvalue weighted by atomic mass is 10.0. The van der Waals surface area contributed by atoms with Crippen LogP contribution in [0, 0.1) is 13.8 Å². The number of carboxylic acids is 1. The highest BCUT2D eigenvalue weighted by Gasteiger charge is 2.21. The summed E-state index contributed by atoms with van der Waals surface area (Å²) in [5, 5.41) is 11.5. The second-order valence-corrected chi connectivity index (χ2v) is 6.12. The first-order valence-electron chi connectivity index (χ1n) is 7.97. The average Bonchev–Trinajstić information content (AvgIpc) is 2.53. The van der Waals surface area contributed by atoms with Crippen molar-refractivity contribution in [2.24, 2.45) is 0 Å². The predicted octanol–water partition coefficient (Wildman–Crippen LogP) is 4.53. The number of benzene rings is 3. The van der Waals surface area contributed by atoms with E-state index >= 15 is 0 Å². The Labute approximate surface area is 141 Å². The molecule has 0 aliphatic carbocycles. The van der Waals surface area contributed by atoms with Crippen LogP contribution in [0.15, 0.2) is 60.7 Å². The van der Waals surface area contributed by atoms with Gasteiger partial charge in [-0.1, -0.05) is 65.7 Å². The van der Waals surface area contributed by atoms with Crippen LogP contribution in [0.1, 0.15) is 16.7 Å². The minimum absolute atomic E-state index is 0.334. The van der Waals surface area contributed by atoms with Gasteiger partial charge in [-0.2, -0.15) is 0 Å². The van der Waals surface area contributed by atoms with Crippen LogP contribution in [0.4, 0.5) is 0 Å². The zero-order valence-corrected chi connectivity index (χ0v) is 13.8. The Bertz CT molecular complexity index is 858. The van der Waals surface area contributed by atoms with Gasteiger partial charge in [0, 0.05) is 11.8 Å². The van der Waals surface area contributed by atoms with Gasteiger partial charge in [-0.3, -0.25) is 0 Å². The third-order valence-corrected chi connectivity index (χ3v) is 4.00. The van der Waals surface area contributed by atoms with Gasteiger partial charge < -0.3 is 9.84 Å². The Morgan fingerprint density at radius 3 is 2.38 bits per heavy atom. The predicted molar refractivity (Wildman–Crippen MR) is 95.6 cm³/mol. The summed E-state index contributed by atoms with van der Waals surface area (Å²) >= 11 is 0. The van der Waals surface area contributed by atoms with Crippen LogP contribution >= 0.6 is 0 Å². The van der Waals surface area contributed by atoms with Crippen molar-refractivity contribution in [3.8, 4) is 5.75 Å². The van der Waals surface area contributed by atoms with E-state index in [4.69, 9.17) is 4.74 Å². The number of carbonyl (C=O) groups is 1. The van der Waals surface area contributed by atoms with Crippen molar-refractivity contribution in [1.29, 1.82) is 0 Å². The summed E-state index contributed by atoms with van der Waals surface area (Å²) in [4.78, 5) is 11.7. The van der Waals surface area contributed by atoms with Gasteiger partial charge in [-0.05, 0) is 30.9 Å². The lowest BCUT2D eigenvalue weighted by molar-refractivity contribution is -0.144. The van der Waals surface area contributed by atoms with Gasteiger partial charge in [0.05, 0.1) is 0 Å². The summed E-state index contributed by atoms with van der Waals surface area (Å²) in [6.07, 6.45) is -0.585. The number of aryl methyl sites for hydroxylation is 2. The molecule has 0 radical (unpaired) electrons. The largest absolute Gasteiger partial charge is 0.478 e. The molecule has 0 unspecified atom stereocenters. The molecule has 0 aliphatic rings. The Morgan fingerprint density at radius 1 is 1.00 bits per heavy atom. The smallest absolute Gasteiger partial charge is 0.345 e. The number of rotatable bonds is 5. The summed E-state index contributed by atoms with van der Waals surface area (Å²) in [5.74, 6) is -0.355. The molecule has 3 aromatic carbocycles. The molecule has 0 aromatic heterocycles. The summed E-state index contributed by atoms with van der Waals surface area (Å²) in [5.41, 5.74) is 3.22. The van der Waals surface area contributed by atoms with Gasteiger partial charge in [0.25, 0.3) is 0 Å². The highest BCUT2D eigenvalue weighted by Crippen LogP contribution is 2.27. The standard InChI is InChI=1S/C21H20O3/c1-14-10-15(2)12-16(11-14)13-20(21(22)23)24-19-9-5-7-17-6-3-4-8-18(17)19/h3-12,20H,13H2,1-2H3,(H,22,23)/t20-/m0/s1. The fourth-order valence-electron chi connectivity index (χ4n) is 3.03. The number of aliphatic carboxylic acids is 1. The van der Waals surface area contributed by atoms with Crippen LogP contribution in [-0.4, -0.2) is 17.2 Å². The number of ether oxygens (including phenoxy) is 1. The number of hydrogen-bond acceptors (Lipinski definition) is 2. The Hall–Kier alpha value is -2.81. The Morgan fingerprint density at radius 2 is 1.67 bits per heavy atom. The van der Waals surface area contributed by atoms with Crippen LogP contribution in [0.5, 0.6) is 5.75 Å². The van der Waals surface area contributed by atoms with Gasteiger partial charge in [-0.25, -0.2) is 4.79 Å². The molecule has 1 N–H and O–H groups in total. The number of fused-ring (bicyclic) bond motifs is 1. The van der Waals surface area contributed by atoms with Crippen molar-refractivity contribution in [2.75, 3.05) is 0 Å². The molecular formula is C21H20O3. The molecule has 0 heterocycles. The van der Waals surface area contributed by atoms with E-state index in [1.54, 1.807) is 0 Å². The lowest BCUT2D eigenvalue weighted by Crippen LogP contribution is -2.29. The molecule has 24 heavy (non-hydrogen) atoms. The fourth-order valence-corrected chi connectivity index (χ4v) is 3.03. The van der Waals surface area contributed by atoms with E-state index in [-0.39, 0.29) is 0 Å². The molecule has 0 fully saturated rings. The van der Waals surface area contributed by atoms with E-state index in [0.717, 1.165) is 27.5 Å². The molecule has 1 atom stereocenters. The van der Waals surface area contributed by atoms with Crippen LogP contribution in [0.2, 0.25) is 0 Å². The van der Waals surface area contributed by atoms with Crippen molar-refractivity contribution >= 4 is 16.7 Å². The Balaban J connectivity index is 1.90. The summed E-state index contributed by atoms with van der Waals surface area (Å²) in [6.45, 7) is 4.02. The van der Waals surface area contributed by atoms with E-state index in [2.05, 4.69) is 6.07 Å². The molecule has 122 valence electrons. The van der Waals surface area contributed by atoms with E-state index in [1.807, 2.05) is 68.4 Å².